The lowest BCUT2D eigenvalue weighted by atomic mass is 9.82. The smallest absolute Gasteiger partial charge is 0.407 e. The Morgan fingerprint density at radius 1 is 1.38 bits per heavy atom. The summed E-state index contributed by atoms with van der Waals surface area (Å²) in [4.78, 5) is 11.7. The average molecular weight is 317 g/mol. The van der Waals surface area contributed by atoms with E-state index in [9.17, 15) is 9.18 Å². The van der Waals surface area contributed by atoms with Gasteiger partial charge in [-0.2, -0.15) is 0 Å². The minimum atomic E-state index is -0.609. The molecule has 1 aromatic rings. The monoisotopic (exact) mass is 316 g/mol. The Kier molecular flexibility index (Phi) is 5.59. The minimum Gasteiger partial charge on any atom is -0.444 e. The SMILES string of the molecule is CC(C)(C)OC(=O)NCC(C)(CN)c1ccc(F)cc1Cl. The van der Waals surface area contributed by atoms with Crippen molar-refractivity contribution >= 4 is 17.7 Å². The molecule has 1 unspecified atom stereocenters. The van der Waals surface area contributed by atoms with Crippen LogP contribution in [0.4, 0.5) is 9.18 Å². The number of carbonyl (C=O) groups excluding carboxylic acids is 1. The van der Waals surface area contributed by atoms with Gasteiger partial charge < -0.3 is 15.8 Å². The Labute approximate surface area is 129 Å². The maximum atomic E-state index is 13.1. The third-order valence-corrected chi connectivity index (χ3v) is 3.37. The number of amides is 1. The molecule has 0 fully saturated rings. The van der Waals surface area contributed by atoms with Crippen molar-refractivity contribution in [2.75, 3.05) is 13.1 Å². The summed E-state index contributed by atoms with van der Waals surface area (Å²) in [6.07, 6.45) is -0.527. The molecule has 0 saturated carbocycles. The summed E-state index contributed by atoms with van der Waals surface area (Å²) < 4.78 is 18.3. The van der Waals surface area contributed by atoms with E-state index in [1.807, 2.05) is 6.92 Å². The second kappa shape index (κ2) is 6.62. The van der Waals surface area contributed by atoms with Gasteiger partial charge in [0.1, 0.15) is 11.4 Å². The zero-order valence-corrected chi connectivity index (χ0v) is 13.6. The molecule has 0 aliphatic rings. The molecule has 0 spiro atoms. The summed E-state index contributed by atoms with van der Waals surface area (Å²) in [5, 5.41) is 2.96. The van der Waals surface area contributed by atoms with Crippen LogP contribution >= 0.6 is 11.6 Å². The fourth-order valence-electron chi connectivity index (χ4n) is 1.84. The van der Waals surface area contributed by atoms with Gasteiger partial charge in [-0.15, -0.1) is 0 Å². The predicted octanol–water partition coefficient (Wildman–Crippen LogP) is 3.22. The molecule has 1 aromatic carbocycles. The van der Waals surface area contributed by atoms with Crippen LogP contribution in [-0.2, 0) is 10.2 Å². The van der Waals surface area contributed by atoms with Crippen molar-refractivity contribution in [3.63, 3.8) is 0 Å². The number of nitrogens with two attached hydrogens (primary N) is 1. The van der Waals surface area contributed by atoms with Crippen molar-refractivity contribution in [1.29, 1.82) is 0 Å². The van der Waals surface area contributed by atoms with Crippen LogP contribution < -0.4 is 11.1 Å². The molecular formula is C15H22ClFN2O2. The highest BCUT2D eigenvalue weighted by Gasteiger charge is 2.29. The Hall–Kier alpha value is -1.33. The second-order valence-electron chi connectivity index (χ2n) is 6.24. The molecule has 6 heteroatoms. The van der Waals surface area contributed by atoms with Gasteiger partial charge in [0.15, 0.2) is 0 Å². The molecule has 0 aliphatic carbocycles. The number of hydrogen-bond acceptors (Lipinski definition) is 3. The van der Waals surface area contributed by atoms with E-state index in [0.29, 0.717) is 5.56 Å². The van der Waals surface area contributed by atoms with E-state index in [1.54, 1.807) is 26.8 Å². The Morgan fingerprint density at radius 3 is 2.48 bits per heavy atom. The molecule has 1 atom stereocenters. The van der Waals surface area contributed by atoms with Crippen molar-refractivity contribution in [3.05, 3.63) is 34.6 Å². The molecule has 21 heavy (non-hydrogen) atoms. The van der Waals surface area contributed by atoms with Crippen LogP contribution in [0.1, 0.15) is 33.3 Å². The summed E-state index contributed by atoms with van der Waals surface area (Å²) in [5.41, 5.74) is 5.32. The first-order chi connectivity index (χ1) is 9.57. The number of hydrogen-bond donors (Lipinski definition) is 2. The van der Waals surface area contributed by atoms with Crippen molar-refractivity contribution in [3.8, 4) is 0 Å². The van der Waals surface area contributed by atoms with Crippen LogP contribution in [0.2, 0.25) is 5.02 Å². The van der Waals surface area contributed by atoms with Gasteiger partial charge in [-0.3, -0.25) is 0 Å². The number of nitrogens with one attached hydrogen (secondary N) is 1. The van der Waals surface area contributed by atoms with Gasteiger partial charge in [0.2, 0.25) is 0 Å². The van der Waals surface area contributed by atoms with E-state index < -0.39 is 22.9 Å². The zero-order chi connectivity index (χ0) is 16.3. The lowest BCUT2D eigenvalue weighted by Gasteiger charge is -2.30. The first kappa shape index (κ1) is 17.7. The molecule has 1 rings (SSSR count). The molecule has 0 aromatic heterocycles. The highest BCUT2D eigenvalue weighted by atomic mass is 35.5. The van der Waals surface area contributed by atoms with E-state index in [1.165, 1.54) is 12.1 Å². The Balaban J connectivity index is 2.83. The van der Waals surface area contributed by atoms with Gasteiger partial charge >= 0.3 is 6.09 Å². The van der Waals surface area contributed by atoms with Gasteiger partial charge in [-0.1, -0.05) is 24.6 Å². The van der Waals surface area contributed by atoms with Crippen LogP contribution in [0, 0.1) is 5.82 Å². The van der Waals surface area contributed by atoms with Crippen molar-refractivity contribution in [1.82, 2.24) is 5.32 Å². The fourth-order valence-corrected chi connectivity index (χ4v) is 2.23. The number of benzene rings is 1. The Morgan fingerprint density at radius 2 is 2.00 bits per heavy atom. The van der Waals surface area contributed by atoms with Gasteiger partial charge in [-0.05, 0) is 38.5 Å². The molecule has 0 bridgehead atoms. The van der Waals surface area contributed by atoms with Crippen LogP contribution in [0.3, 0.4) is 0 Å². The normalized spacial score (nSPS) is 14.4. The van der Waals surface area contributed by atoms with E-state index >= 15 is 0 Å². The summed E-state index contributed by atoms with van der Waals surface area (Å²) >= 11 is 6.07. The van der Waals surface area contributed by atoms with Gasteiger partial charge in [0.25, 0.3) is 0 Å². The van der Waals surface area contributed by atoms with Crippen molar-refractivity contribution < 1.29 is 13.9 Å². The quantitative estimate of drug-likeness (QED) is 0.896. The highest BCUT2D eigenvalue weighted by molar-refractivity contribution is 6.31. The third kappa shape index (κ3) is 5.17. The molecule has 0 aliphatic heterocycles. The van der Waals surface area contributed by atoms with Gasteiger partial charge in [-0.25, -0.2) is 9.18 Å². The van der Waals surface area contributed by atoms with Crippen LogP contribution in [-0.4, -0.2) is 24.8 Å². The lowest BCUT2D eigenvalue weighted by molar-refractivity contribution is 0.0516. The molecule has 1 amide bonds. The van der Waals surface area contributed by atoms with E-state index in [-0.39, 0.29) is 18.1 Å². The van der Waals surface area contributed by atoms with Crippen molar-refractivity contribution in [2.45, 2.75) is 38.7 Å². The highest BCUT2D eigenvalue weighted by Crippen LogP contribution is 2.29. The number of rotatable bonds is 4. The maximum Gasteiger partial charge on any atom is 0.407 e. The van der Waals surface area contributed by atoms with Crippen LogP contribution in [0.15, 0.2) is 18.2 Å². The van der Waals surface area contributed by atoms with Gasteiger partial charge in [0, 0.05) is 23.5 Å². The van der Waals surface area contributed by atoms with E-state index in [0.717, 1.165) is 0 Å². The molecule has 4 nitrogen and oxygen atoms in total. The molecular weight excluding hydrogens is 295 g/mol. The predicted molar refractivity (Wildman–Crippen MR) is 82.1 cm³/mol. The molecule has 118 valence electrons. The summed E-state index contributed by atoms with van der Waals surface area (Å²) in [6.45, 7) is 7.68. The minimum absolute atomic E-state index is 0.240. The number of halogens is 2. The second-order valence-corrected chi connectivity index (χ2v) is 6.65. The van der Waals surface area contributed by atoms with Crippen molar-refractivity contribution in [2.24, 2.45) is 5.73 Å². The standard InChI is InChI=1S/C15H22ClFN2O2/c1-14(2,3)21-13(20)19-9-15(4,8-18)11-6-5-10(17)7-12(11)16/h5-7H,8-9,18H2,1-4H3,(H,19,20). The Bertz CT molecular complexity index is 517. The molecule has 0 saturated heterocycles. The number of alkyl carbamates (subject to hydrolysis) is 1. The number of carbonyl (C=O) groups is 1. The maximum absolute atomic E-state index is 13.1. The third-order valence-electron chi connectivity index (χ3n) is 3.05. The summed E-state index contributed by atoms with van der Waals surface area (Å²) in [6, 6.07) is 4.14. The largest absolute Gasteiger partial charge is 0.444 e. The average Bonchev–Trinajstić information content (AvgIpc) is 2.34. The fraction of sp³-hybridized carbons (Fsp3) is 0.533. The number of ether oxygens (including phenoxy) is 1. The molecule has 3 N–H and O–H groups in total. The zero-order valence-electron chi connectivity index (χ0n) is 12.8. The van der Waals surface area contributed by atoms with Crippen LogP contribution in [0.25, 0.3) is 0 Å². The molecule has 0 heterocycles. The van der Waals surface area contributed by atoms with E-state index in [4.69, 9.17) is 22.1 Å². The summed E-state index contributed by atoms with van der Waals surface area (Å²) in [5.74, 6) is -0.414. The van der Waals surface area contributed by atoms with Gasteiger partial charge in [0.05, 0.1) is 0 Å². The molecule has 0 radical (unpaired) electrons. The lowest BCUT2D eigenvalue weighted by Crippen LogP contribution is -2.45. The first-order valence-electron chi connectivity index (χ1n) is 6.70. The topological polar surface area (TPSA) is 64.3 Å². The summed E-state index contributed by atoms with van der Waals surface area (Å²) in [7, 11) is 0. The van der Waals surface area contributed by atoms with Crippen LogP contribution in [0.5, 0.6) is 0 Å². The van der Waals surface area contributed by atoms with E-state index in [2.05, 4.69) is 5.32 Å². The first-order valence-corrected chi connectivity index (χ1v) is 7.08.